The summed E-state index contributed by atoms with van der Waals surface area (Å²) < 4.78 is 14.6. The van der Waals surface area contributed by atoms with Crippen LogP contribution in [-0.4, -0.2) is 38.6 Å². The lowest BCUT2D eigenvalue weighted by atomic mass is 9.77. The molecule has 4 aromatic carbocycles. The van der Waals surface area contributed by atoms with E-state index < -0.39 is 53.0 Å². The van der Waals surface area contributed by atoms with Crippen LogP contribution < -0.4 is 27.2 Å². The summed E-state index contributed by atoms with van der Waals surface area (Å²) in [5.74, 6) is -2.48. The maximum Gasteiger partial charge on any atom is 0.405 e. The minimum Gasteiger partial charge on any atom is -0.465 e. The average Bonchev–Trinajstić information content (AvgIpc) is 3.07. The van der Waals surface area contributed by atoms with E-state index in [0.717, 1.165) is 27.5 Å². The van der Waals surface area contributed by atoms with E-state index in [4.69, 9.17) is 0 Å². The minimum atomic E-state index is -1.49. The maximum absolute atomic E-state index is 13.8. The summed E-state index contributed by atoms with van der Waals surface area (Å²) in [5, 5.41) is 17.4. The summed E-state index contributed by atoms with van der Waals surface area (Å²) >= 11 is 0. The molecule has 1 aromatic heterocycles. The average molecular weight is 636 g/mol. The van der Waals surface area contributed by atoms with Crippen molar-refractivity contribution in [1.29, 1.82) is 0 Å². The van der Waals surface area contributed by atoms with Gasteiger partial charge in [0.05, 0.1) is 19.2 Å². The highest BCUT2D eigenvalue weighted by Crippen LogP contribution is 2.37. The van der Waals surface area contributed by atoms with Crippen LogP contribution in [-0.2, 0) is 21.7 Å². The first kappa shape index (κ1) is 32.1. The van der Waals surface area contributed by atoms with E-state index in [-0.39, 0.29) is 12.2 Å². The third-order valence-corrected chi connectivity index (χ3v) is 7.49. The van der Waals surface area contributed by atoms with Gasteiger partial charge in [-0.2, -0.15) is 4.39 Å². The number of hydrogen-bond donors (Lipinski definition) is 5. The second-order valence-corrected chi connectivity index (χ2v) is 10.7. The molecule has 11 nitrogen and oxygen atoms in total. The molecular weight excluding hydrogens is 605 g/mol. The Kier molecular flexibility index (Phi) is 9.70. The zero-order chi connectivity index (χ0) is 33.4. The zero-order valence-corrected chi connectivity index (χ0v) is 24.9. The largest absolute Gasteiger partial charge is 0.465 e. The number of aromatic amines is 1. The minimum absolute atomic E-state index is 0.0594. The van der Waals surface area contributed by atoms with Crippen LogP contribution in [0.15, 0.2) is 131 Å². The number of carboxylic acid groups (broad SMARTS) is 1. The lowest BCUT2D eigenvalue weighted by Gasteiger charge is -2.37. The number of amides is 3. The molecule has 0 spiro atoms. The molecule has 5 aromatic rings. The number of anilines is 1. The quantitative estimate of drug-likeness (QED) is 0.139. The molecule has 1 unspecified atom stereocenters. The molecule has 0 fully saturated rings. The molecule has 0 aliphatic carbocycles. The number of nitrogens with zero attached hydrogens (tertiary/aromatic N) is 1. The molecule has 1 heterocycles. The lowest BCUT2D eigenvalue weighted by Crippen LogP contribution is -2.51. The number of carbonyl (C=O) groups excluding carboxylic acids is 2. The van der Waals surface area contributed by atoms with Crippen molar-refractivity contribution < 1.29 is 23.9 Å². The molecule has 0 radical (unpaired) electrons. The van der Waals surface area contributed by atoms with Crippen molar-refractivity contribution in [3.05, 3.63) is 170 Å². The lowest BCUT2D eigenvalue weighted by molar-refractivity contribution is -0.126. The molecule has 47 heavy (non-hydrogen) atoms. The van der Waals surface area contributed by atoms with Gasteiger partial charge >= 0.3 is 11.8 Å². The van der Waals surface area contributed by atoms with Crippen LogP contribution in [0.4, 0.5) is 14.9 Å². The van der Waals surface area contributed by atoms with Crippen LogP contribution >= 0.6 is 0 Å². The molecule has 0 aliphatic heterocycles. The number of rotatable bonds is 11. The van der Waals surface area contributed by atoms with Gasteiger partial charge in [0.2, 0.25) is 17.6 Å². The Bertz CT molecular complexity index is 1880. The fraction of sp³-hybridized carbons (Fsp3) is 0.114. The summed E-state index contributed by atoms with van der Waals surface area (Å²) in [6, 6.07) is 32.7. The summed E-state index contributed by atoms with van der Waals surface area (Å²) in [6.45, 7) is -0.0594. The van der Waals surface area contributed by atoms with Gasteiger partial charge in [-0.05, 0) is 34.4 Å². The summed E-state index contributed by atoms with van der Waals surface area (Å²) in [7, 11) is 0. The molecule has 3 amide bonds. The molecular formula is C35H30FN5O6. The second kappa shape index (κ2) is 14.2. The Morgan fingerprint density at radius 2 is 1.30 bits per heavy atom. The Morgan fingerprint density at radius 1 is 0.787 bits per heavy atom. The Morgan fingerprint density at radius 3 is 1.79 bits per heavy atom. The van der Waals surface area contributed by atoms with E-state index >= 15 is 0 Å². The van der Waals surface area contributed by atoms with E-state index in [1.807, 2.05) is 96.0 Å². The van der Waals surface area contributed by atoms with Gasteiger partial charge in [-0.15, -0.1) is 0 Å². The smallest absolute Gasteiger partial charge is 0.405 e. The summed E-state index contributed by atoms with van der Waals surface area (Å²) in [4.78, 5) is 64.0. The third-order valence-electron chi connectivity index (χ3n) is 7.49. The zero-order valence-electron chi connectivity index (χ0n) is 24.9. The standard InChI is InChI=1S/C35H30FN5O6/c36-28-22-41(33(45)39-31(28)43)21-23-16-18-27(19-17-23)37-32(44)29(38-34(46)47)20-30(42)40-35(24-10-4-1-5-11-24,25-12-6-2-7-13-25)26-14-8-3-9-15-26/h1-19,22,29,38H,20-21H2,(H,37,44)(H,40,42)(H,46,47)(H,39,43,45). The van der Waals surface area contributed by atoms with Crippen molar-refractivity contribution in [2.24, 2.45) is 0 Å². The number of hydrogen-bond acceptors (Lipinski definition) is 5. The first-order valence-corrected chi connectivity index (χ1v) is 14.5. The number of carbonyl (C=O) groups is 3. The van der Waals surface area contributed by atoms with Crippen molar-refractivity contribution in [1.82, 2.24) is 20.2 Å². The number of halogens is 1. The normalized spacial score (nSPS) is 11.7. The highest BCUT2D eigenvalue weighted by atomic mass is 19.1. The van der Waals surface area contributed by atoms with Crippen molar-refractivity contribution >= 4 is 23.6 Å². The first-order chi connectivity index (χ1) is 22.7. The summed E-state index contributed by atoms with van der Waals surface area (Å²) in [5.41, 5.74) is 0.0229. The fourth-order valence-corrected chi connectivity index (χ4v) is 5.30. The maximum atomic E-state index is 13.8. The van der Waals surface area contributed by atoms with Gasteiger partial charge in [0.25, 0.3) is 5.56 Å². The van der Waals surface area contributed by atoms with Crippen molar-refractivity contribution in [3.63, 3.8) is 0 Å². The molecule has 0 saturated carbocycles. The van der Waals surface area contributed by atoms with Crippen LogP contribution in [0.1, 0.15) is 28.7 Å². The van der Waals surface area contributed by atoms with Crippen LogP contribution in [0.25, 0.3) is 0 Å². The van der Waals surface area contributed by atoms with Crippen LogP contribution in [0, 0.1) is 5.82 Å². The van der Waals surface area contributed by atoms with E-state index in [0.29, 0.717) is 5.56 Å². The first-order valence-electron chi connectivity index (χ1n) is 14.5. The predicted octanol–water partition coefficient (Wildman–Crippen LogP) is 3.80. The van der Waals surface area contributed by atoms with Crippen molar-refractivity contribution in [3.8, 4) is 0 Å². The van der Waals surface area contributed by atoms with Crippen LogP contribution in [0.3, 0.4) is 0 Å². The molecule has 0 bridgehead atoms. The van der Waals surface area contributed by atoms with Gasteiger partial charge < -0.3 is 21.1 Å². The highest BCUT2D eigenvalue weighted by Gasteiger charge is 2.38. The van der Waals surface area contributed by atoms with Crippen LogP contribution in [0.2, 0.25) is 0 Å². The van der Waals surface area contributed by atoms with Crippen LogP contribution in [0.5, 0.6) is 0 Å². The fourth-order valence-electron chi connectivity index (χ4n) is 5.30. The predicted molar refractivity (Wildman–Crippen MR) is 172 cm³/mol. The SMILES string of the molecule is O=C(O)NC(CC(=O)NC(c1ccccc1)(c1ccccc1)c1ccccc1)C(=O)Nc1ccc(Cn2cc(F)c(=O)[nH]c2=O)cc1. The summed E-state index contributed by atoms with van der Waals surface area (Å²) in [6.07, 6.45) is -1.22. The Hall–Kier alpha value is -6.30. The molecule has 5 N–H and O–H groups in total. The topological polar surface area (TPSA) is 162 Å². The van der Waals surface area contributed by atoms with Gasteiger partial charge in [-0.1, -0.05) is 103 Å². The van der Waals surface area contributed by atoms with Crippen molar-refractivity contribution in [2.45, 2.75) is 24.5 Å². The monoisotopic (exact) mass is 635 g/mol. The number of aromatic nitrogens is 2. The molecule has 12 heteroatoms. The van der Waals surface area contributed by atoms with Gasteiger partial charge in [-0.3, -0.25) is 23.9 Å². The second-order valence-electron chi connectivity index (χ2n) is 10.7. The Labute approximate surface area is 267 Å². The number of H-pyrrole nitrogens is 1. The molecule has 5 rings (SSSR count). The van der Waals surface area contributed by atoms with E-state index in [1.54, 1.807) is 12.1 Å². The van der Waals surface area contributed by atoms with E-state index in [1.165, 1.54) is 12.1 Å². The molecule has 238 valence electrons. The number of nitrogens with one attached hydrogen (secondary N) is 4. The number of benzene rings is 4. The van der Waals surface area contributed by atoms with Gasteiger partial charge in [0.1, 0.15) is 11.6 Å². The third kappa shape index (κ3) is 7.51. The molecule has 0 aliphatic rings. The van der Waals surface area contributed by atoms with Gasteiger partial charge in [0.15, 0.2) is 0 Å². The van der Waals surface area contributed by atoms with E-state index in [2.05, 4.69) is 16.0 Å². The van der Waals surface area contributed by atoms with Gasteiger partial charge in [-0.25, -0.2) is 9.59 Å². The molecule has 0 saturated heterocycles. The van der Waals surface area contributed by atoms with Gasteiger partial charge in [0, 0.05) is 5.69 Å². The molecule has 1 atom stereocenters. The Balaban J connectivity index is 1.38. The highest BCUT2D eigenvalue weighted by molar-refractivity contribution is 5.99. The van der Waals surface area contributed by atoms with E-state index in [9.17, 15) is 33.5 Å². The van der Waals surface area contributed by atoms with Crippen molar-refractivity contribution in [2.75, 3.05) is 5.32 Å².